The number of hydrogen-bond donors (Lipinski definition) is 1. The van der Waals surface area contributed by atoms with Gasteiger partial charge in [-0.1, -0.05) is 13.8 Å². The zero-order chi connectivity index (χ0) is 12.3. The molecule has 3 nitrogen and oxygen atoms in total. The normalized spacial score (nSPS) is 12.6. The van der Waals surface area contributed by atoms with Crippen LogP contribution in [0.2, 0.25) is 0 Å². The van der Waals surface area contributed by atoms with Gasteiger partial charge < -0.3 is 10.0 Å². The molecule has 1 atom stereocenters. The first-order valence-electron chi connectivity index (χ1n) is 5.14. The van der Waals surface area contributed by atoms with Crippen molar-refractivity contribution in [2.24, 2.45) is 5.92 Å². The Kier molecular flexibility index (Phi) is 4.19. The number of halogens is 1. The van der Waals surface area contributed by atoms with Crippen LogP contribution in [0.1, 0.15) is 13.8 Å². The molecular weight excluding hydrogens is 226 g/mol. The van der Waals surface area contributed by atoms with Crippen LogP contribution in [0.5, 0.6) is 5.75 Å². The largest absolute Gasteiger partial charge is 0.508 e. The second-order valence-electron chi connectivity index (χ2n) is 4.12. The summed E-state index contributed by atoms with van der Waals surface area (Å²) in [6.07, 6.45) is 0. The van der Waals surface area contributed by atoms with E-state index in [2.05, 4.69) is 0 Å². The molecule has 4 heteroatoms. The lowest BCUT2D eigenvalue weighted by Gasteiger charge is -2.30. The number of aromatic hydroxyl groups is 1. The predicted octanol–water partition coefficient (Wildman–Crippen LogP) is 2.62. The Labute approximate surface area is 101 Å². The van der Waals surface area contributed by atoms with E-state index in [0.717, 1.165) is 5.69 Å². The molecule has 1 N–H and O–H groups in total. The molecule has 1 aromatic rings. The molecule has 1 rings (SSSR count). The molecule has 1 unspecified atom stereocenters. The lowest BCUT2D eigenvalue weighted by molar-refractivity contribution is -0.113. The highest BCUT2D eigenvalue weighted by atomic mass is 35.5. The van der Waals surface area contributed by atoms with Gasteiger partial charge in [-0.15, -0.1) is 0 Å². The Morgan fingerprint density at radius 2 is 1.81 bits per heavy atom. The van der Waals surface area contributed by atoms with Crippen LogP contribution in [0.3, 0.4) is 0 Å². The summed E-state index contributed by atoms with van der Waals surface area (Å²) in [6.45, 7) is 3.89. The molecule has 0 amide bonds. The van der Waals surface area contributed by atoms with Gasteiger partial charge in [0.1, 0.15) is 11.8 Å². The summed E-state index contributed by atoms with van der Waals surface area (Å²) >= 11 is 5.58. The molecule has 0 spiro atoms. The molecule has 0 aliphatic heterocycles. The van der Waals surface area contributed by atoms with Crippen molar-refractivity contribution in [2.45, 2.75) is 19.9 Å². The Morgan fingerprint density at radius 3 is 2.19 bits per heavy atom. The number of hydrogen-bond acceptors (Lipinski definition) is 3. The highest BCUT2D eigenvalue weighted by Gasteiger charge is 2.25. The third-order valence-electron chi connectivity index (χ3n) is 2.54. The second-order valence-corrected chi connectivity index (χ2v) is 4.49. The summed E-state index contributed by atoms with van der Waals surface area (Å²) in [7, 11) is 1.82. The highest BCUT2D eigenvalue weighted by molar-refractivity contribution is 6.65. The van der Waals surface area contributed by atoms with E-state index in [1.807, 2.05) is 25.8 Å². The summed E-state index contributed by atoms with van der Waals surface area (Å²) in [5, 5.41) is 8.81. The van der Waals surface area contributed by atoms with Gasteiger partial charge in [0.2, 0.25) is 5.24 Å². The summed E-state index contributed by atoms with van der Waals surface area (Å²) < 4.78 is 0. The van der Waals surface area contributed by atoms with Crippen LogP contribution in [0, 0.1) is 5.92 Å². The standard InChI is InChI=1S/C12H16ClNO2/c1-8(2)11(12(13)16)14(3)9-4-6-10(15)7-5-9/h4-8,11,15H,1-3H3. The predicted molar refractivity (Wildman–Crippen MR) is 66.0 cm³/mol. The monoisotopic (exact) mass is 241 g/mol. The van der Waals surface area contributed by atoms with E-state index in [4.69, 9.17) is 11.6 Å². The molecular formula is C12H16ClNO2. The van der Waals surface area contributed by atoms with Crippen molar-refractivity contribution in [3.63, 3.8) is 0 Å². The molecule has 16 heavy (non-hydrogen) atoms. The first-order chi connectivity index (χ1) is 7.43. The lowest BCUT2D eigenvalue weighted by Crippen LogP contribution is -2.40. The summed E-state index contributed by atoms with van der Waals surface area (Å²) in [5.41, 5.74) is 0.852. The van der Waals surface area contributed by atoms with Gasteiger partial charge in [0.25, 0.3) is 0 Å². The Balaban J connectivity index is 2.94. The Morgan fingerprint density at radius 1 is 1.31 bits per heavy atom. The number of anilines is 1. The van der Waals surface area contributed by atoms with Crippen LogP contribution in [0.25, 0.3) is 0 Å². The zero-order valence-electron chi connectivity index (χ0n) is 9.64. The average molecular weight is 242 g/mol. The van der Waals surface area contributed by atoms with Gasteiger partial charge in [-0.3, -0.25) is 4.79 Å². The van der Waals surface area contributed by atoms with Gasteiger partial charge >= 0.3 is 0 Å². The van der Waals surface area contributed by atoms with E-state index in [9.17, 15) is 9.90 Å². The van der Waals surface area contributed by atoms with Gasteiger partial charge in [0.15, 0.2) is 0 Å². The fraction of sp³-hybridized carbons (Fsp3) is 0.417. The molecule has 88 valence electrons. The first-order valence-corrected chi connectivity index (χ1v) is 5.52. The first kappa shape index (κ1) is 12.8. The molecule has 0 radical (unpaired) electrons. The molecule has 1 aromatic carbocycles. The molecule has 0 heterocycles. The van der Waals surface area contributed by atoms with Gasteiger partial charge in [-0.2, -0.15) is 0 Å². The van der Waals surface area contributed by atoms with E-state index in [-0.39, 0.29) is 23.0 Å². The molecule has 0 aliphatic carbocycles. The number of nitrogens with zero attached hydrogens (tertiary/aromatic N) is 1. The zero-order valence-corrected chi connectivity index (χ0v) is 10.4. The van der Waals surface area contributed by atoms with Crippen molar-refractivity contribution in [3.8, 4) is 5.75 Å². The maximum atomic E-state index is 11.3. The number of phenolic OH excluding ortho intramolecular Hbond substituents is 1. The van der Waals surface area contributed by atoms with E-state index < -0.39 is 0 Å². The number of benzene rings is 1. The van der Waals surface area contributed by atoms with Crippen LogP contribution in [-0.2, 0) is 4.79 Å². The molecule has 0 bridgehead atoms. The van der Waals surface area contributed by atoms with Crippen LogP contribution in [0.15, 0.2) is 24.3 Å². The number of carbonyl (C=O) groups is 1. The summed E-state index contributed by atoms with van der Waals surface area (Å²) in [4.78, 5) is 13.2. The van der Waals surface area contributed by atoms with Crippen LogP contribution in [0.4, 0.5) is 5.69 Å². The molecule has 0 aromatic heterocycles. The fourth-order valence-corrected chi connectivity index (χ4v) is 2.11. The quantitative estimate of drug-likeness (QED) is 0.824. The third-order valence-corrected chi connectivity index (χ3v) is 2.76. The van der Waals surface area contributed by atoms with Gasteiger partial charge in [-0.25, -0.2) is 0 Å². The van der Waals surface area contributed by atoms with Crippen LogP contribution in [-0.4, -0.2) is 23.4 Å². The number of rotatable bonds is 4. The van der Waals surface area contributed by atoms with Crippen LogP contribution < -0.4 is 4.90 Å². The fourth-order valence-electron chi connectivity index (χ4n) is 1.71. The SMILES string of the molecule is CC(C)C(C(=O)Cl)N(C)c1ccc(O)cc1. The number of carbonyl (C=O) groups excluding carboxylic acids is 1. The van der Waals surface area contributed by atoms with Gasteiger partial charge in [-0.05, 0) is 41.8 Å². The van der Waals surface area contributed by atoms with Crippen molar-refractivity contribution >= 4 is 22.5 Å². The average Bonchev–Trinajstić information content (AvgIpc) is 2.17. The molecule has 0 aliphatic rings. The topological polar surface area (TPSA) is 40.5 Å². The number of likely N-dealkylation sites (N-methyl/N-ethyl adjacent to an activating group) is 1. The molecule has 0 saturated carbocycles. The van der Waals surface area contributed by atoms with E-state index in [1.54, 1.807) is 24.3 Å². The van der Waals surface area contributed by atoms with E-state index in [1.165, 1.54) is 0 Å². The number of phenols is 1. The van der Waals surface area contributed by atoms with Gasteiger partial charge in [0, 0.05) is 12.7 Å². The maximum absolute atomic E-state index is 11.3. The summed E-state index contributed by atoms with van der Waals surface area (Å²) in [6, 6.07) is 6.32. The van der Waals surface area contributed by atoms with Crippen molar-refractivity contribution < 1.29 is 9.90 Å². The highest BCUT2D eigenvalue weighted by Crippen LogP contribution is 2.23. The Hall–Kier alpha value is -1.22. The van der Waals surface area contributed by atoms with E-state index in [0.29, 0.717) is 0 Å². The van der Waals surface area contributed by atoms with Crippen LogP contribution >= 0.6 is 11.6 Å². The van der Waals surface area contributed by atoms with Crippen molar-refractivity contribution in [2.75, 3.05) is 11.9 Å². The minimum Gasteiger partial charge on any atom is -0.508 e. The molecule has 0 fully saturated rings. The van der Waals surface area contributed by atoms with Crippen molar-refractivity contribution in [3.05, 3.63) is 24.3 Å². The minimum atomic E-state index is -0.370. The summed E-state index contributed by atoms with van der Waals surface area (Å²) in [5.74, 6) is 0.333. The third kappa shape index (κ3) is 2.89. The van der Waals surface area contributed by atoms with Crippen molar-refractivity contribution in [1.29, 1.82) is 0 Å². The maximum Gasteiger partial charge on any atom is 0.244 e. The second kappa shape index (κ2) is 5.21. The van der Waals surface area contributed by atoms with E-state index >= 15 is 0 Å². The lowest BCUT2D eigenvalue weighted by atomic mass is 10.0. The van der Waals surface area contributed by atoms with Gasteiger partial charge in [0.05, 0.1) is 0 Å². The Bertz CT molecular complexity index is 362. The molecule has 0 saturated heterocycles. The minimum absolute atomic E-state index is 0.129. The van der Waals surface area contributed by atoms with Crippen molar-refractivity contribution in [1.82, 2.24) is 0 Å². The smallest absolute Gasteiger partial charge is 0.244 e.